The van der Waals surface area contributed by atoms with Gasteiger partial charge in [-0.05, 0) is 37.8 Å². The monoisotopic (exact) mass is 153 g/mol. The fraction of sp³-hybridized carbons (Fsp3) is 1.00. The van der Waals surface area contributed by atoms with Crippen molar-refractivity contribution in [2.45, 2.75) is 38.5 Å². The maximum Gasteiger partial charge on any atom is -0.00199 e. The van der Waals surface area contributed by atoms with Crippen molar-refractivity contribution in [3.63, 3.8) is 0 Å². The largest absolute Gasteiger partial charge is 0.316 e. The van der Waals surface area contributed by atoms with Crippen LogP contribution in [0.3, 0.4) is 0 Å². The molecular weight excluding hydrogens is 134 g/mol. The zero-order chi connectivity index (χ0) is 7.52. The van der Waals surface area contributed by atoms with E-state index in [9.17, 15) is 0 Å². The van der Waals surface area contributed by atoms with Crippen LogP contribution in [0.5, 0.6) is 0 Å². The van der Waals surface area contributed by atoms with Crippen molar-refractivity contribution >= 4 is 0 Å². The van der Waals surface area contributed by atoms with E-state index in [1.54, 1.807) is 0 Å². The Labute approximate surface area is 69.6 Å². The summed E-state index contributed by atoms with van der Waals surface area (Å²) in [4.78, 5) is 0. The molecular formula is C10H19N. The normalized spacial score (nSPS) is 33.3. The Morgan fingerprint density at radius 2 is 1.82 bits per heavy atom. The van der Waals surface area contributed by atoms with Gasteiger partial charge in [-0.1, -0.05) is 25.7 Å². The number of hydrogen-bond donors (Lipinski definition) is 1. The quantitative estimate of drug-likeness (QED) is 0.641. The van der Waals surface area contributed by atoms with Crippen LogP contribution in [0.4, 0.5) is 0 Å². The molecule has 0 amide bonds. The minimum absolute atomic E-state index is 1.03. The van der Waals surface area contributed by atoms with E-state index in [2.05, 4.69) is 5.32 Å². The Hall–Kier alpha value is -0.0400. The summed E-state index contributed by atoms with van der Waals surface area (Å²) in [6.07, 6.45) is 9.02. The van der Waals surface area contributed by atoms with Gasteiger partial charge in [-0.25, -0.2) is 0 Å². The van der Waals surface area contributed by atoms with Crippen LogP contribution in [-0.2, 0) is 0 Å². The topological polar surface area (TPSA) is 12.0 Å². The Morgan fingerprint density at radius 3 is 2.45 bits per heavy atom. The smallest absolute Gasteiger partial charge is 0.00199 e. The maximum absolute atomic E-state index is 3.45. The van der Waals surface area contributed by atoms with E-state index in [0.29, 0.717) is 0 Å². The highest BCUT2D eigenvalue weighted by atomic mass is 14.9. The molecule has 1 aliphatic heterocycles. The lowest BCUT2D eigenvalue weighted by Gasteiger charge is -2.13. The summed E-state index contributed by atoms with van der Waals surface area (Å²) in [5.74, 6) is 2.12. The first-order valence-electron chi connectivity index (χ1n) is 5.16. The SMILES string of the molecule is C1CCC(C[C@H]2CCNC2)C1. The summed E-state index contributed by atoms with van der Waals surface area (Å²) >= 11 is 0. The standard InChI is InChI=1S/C10H19N/c1-2-4-9(3-1)7-10-5-6-11-8-10/h9-11H,1-8H2/t10-/m1/s1. The van der Waals surface area contributed by atoms with Crippen molar-refractivity contribution in [1.29, 1.82) is 0 Å². The van der Waals surface area contributed by atoms with Gasteiger partial charge in [-0.2, -0.15) is 0 Å². The highest BCUT2D eigenvalue weighted by molar-refractivity contribution is 4.76. The van der Waals surface area contributed by atoms with Crippen molar-refractivity contribution < 1.29 is 0 Å². The lowest BCUT2D eigenvalue weighted by atomic mass is 9.93. The van der Waals surface area contributed by atoms with Gasteiger partial charge in [0.05, 0.1) is 0 Å². The molecule has 1 saturated heterocycles. The van der Waals surface area contributed by atoms with Crippen LogP contribution in [0.25, 0.3) is 0 Å². The molecule has 0 radical (unpaired) electrons. The molecule has 11 heavy (non-hydrogen) atoms. The zero-order valence-electron chi connectivity index (χ0n) is 7.31. The van der Waals surface area contributed by atoms with Crippen LogP contribution < -0.4 is 5.32 Å². The molecule has 1 heteroatoms. The molecule has 2 aliphatic rings. The molecule has 1 nitrogen and oxygen atoms in total. The van der Waals surface area contributed by atoms with Gasteiger partial charge >= 0.3 is 0 Å². The van der Waals surface area contributed by atoms with Gasteiger partial charge < -0.3 is 5.32 Å². The Balaban J connectivity index is 1.71. The molecule has 2 rings (SSSR count). The van der Waals surface area contributed by atoms with E-state index in [0.717, 1.165) is 11.8 Å². The fourth-order valence-electron chi connectivity index (χ4n) is 2.63. The van der Waals surface area contributed by atoms with Crippen molar-refractivity contribution in [1.82, 2.24) is 5.32 Å². The first-order valence-corrected chi connectivity index (χ1v) is 5.16. The van der Waals surface area contributed by atoms with Gasteiger partial charge in [0.15, 0.2) is 0 Å². The number of nitrogens with one attached hydrogen (secondary N) is 1. The molecule has 64 valence electrons. The first kappa shape index (κ1) is 7.60. The highest BCUT2D eigenvalue weighted by Crippen LogP contribution is 2.31. The Bertz CT molecular complexity index is 96.0. The van der Waals surface area contributed by atoms with E-state index in [-0.39, 0.29) is 0 Å². The average Bonchev–Trinajstić information content (AvgIpc) is 2.60. The maximum atomic E-state index is 3.45. The van der Waals surface area contributed by atoms with Crippen molar-refractivity contribution in [2.24, 2.45) is 11.8 Å². The predicted octanol–water partition coefficient (Wildman–Crippen LogP) is 2.18. The minimum Gasteiger partial charge on any atom is -0.316 e. The summed E-state index contributed by atoms with van der Waals surface area (Å²) in [5, 5.41) is 3.45. The van der Waals surface area contributed by atoms with Crippen LogP contribution in [-0.4, -0.2) is 13.1 Å². The third-order valence-electron chi connectivity index (χ3n) is 3.30. The van der Waals surface area contributed by atoms with Gasteiger partial charge in [0, 0.05) is 0 Å². The molecule has 1 N–H and O–H groups in total. The molecule has 0 aromatic heterocycles. The molecule has 1 aliphatic carbocycles. The van der Waals surface area contributed by atoms with E-state index >= 15 is 0 Å². The molecule has 1 saturated carbocycles. The first-order chi connectivity index (χ1) is 5.45. The summed E-state index contributed by atoms with van der Waals surface area (Å²) in [5.41, 5.74) is 0. The Kier molecular flexibility index (Phi) is 2.47. The molecule has 1 atom stereocenters. The molecule has 0 aromatic carbocycles. The molecule has 1 heterocycles. The minimum atomic E-state index is 1.03. The number of hydrogen-bond acceptors (Lipinski definition) is 1. The number of rotatable bonds is 2. The fourth-order valence-corrected chi connectivity index (χ4v) is 2.63. The van der Waals surface area contributed by atoms with Crippen LogP contribution >= 0.6 is 0 Å². The summed E-state index contributed by atoms with van der Waals surface area (Å²) < 4.78 is 0. The third-order valence-corrected chi connectivity index (χ3v) is 3.30. The highest BCUT2D eigenvalue weighted by Gasteiger charge is 2.21. The predicted molar refractivity (Wildman–Crippen MR) is 47.6 cm³/mol. The molecule has 0 spiro atoms. The summed E-state index contributed by atoms with van der Waals surface area (Å²) in [6.45, 7) is 2.58. The van der Waals surface area contributed by atoms with E-state index < -0.39 is 0 Å². The lowest BCUT2D eigenvalue weighted by molar-refractivity contribution is 0.397. The van der Waals surface area contributed by atoms with Gasteiger partial charge in [-0.3, -0.25) is 0 Å². The van der Waals surface area contributed by atoms with Crippen LogP contribution in [0.2, 0.25) is 0 Å². The zero-order valence-corrected chi connectivity index (χ0v) is 7.31. The van der Waals surface area contributed by atoms with Crippen LogP contribution in [0, 0.1) is 11.8 Å². The lowest BCUT2D eigenvalue weighted by Crippen LogP contribution is -2.11. The van der Waals surface area contributed by atoms with E-state index in [4.69, 9.17) is 0 Å². The van der Waals surface area contributed by atoms with Crippen molar-refractivity contribution in [2.75, 3.05) is 13.1 Å². The van der Waals surface area contributed by atoms with Gasteiger partial charge in [0.25, 0.3) is 0 Å². The van der Waals surface area contributed by atoms with Crippen LogP contribution in [0.15, 0.2) is 0 Å². The molecule has 0 bridgehead atoms. The second-order valence-corrected chi connectivity index (χ2v) is 4.25. The molecule has 2 fully saturated rings. The second-order valence-electron chi connectivity index (χ2n) is 4.25. The third kappa shape index (κ3) is 1.96. The van der Waals surface area contributed by atoms with E-state index in [1.807, 2.05) is 0 Å². The second kappa shape index (κ2) is 3.57. The average molecular weight is 153 g/mol. The van der Waals surface area contributed by atoms with Gasteiger partial charge in [-0.15, -0.1) is 0 Å². The van der Waals surface area contributed by atoms with Crippen molar-refractivity contribution in [3.8, 4) is 0 Å². The van der Waals surface area contributed by atoms with Crippen molar-refractivity contribution in [3.05, 3.63) is 0 Å². The van der Waals surface area contributed by atoms with Gasteiger partial charge in [0.2, 0.25) is 0 Å². The van der Waals surface area contributed by atoms with E-state index in [1.165, 1.54) is 51.6 Å². The molecule has 0 aromatic rings. The van der Waals surface area contributed by atoms with Gasteiger partial charge in [0.1, 0.15) is 0 Å². The summed E-state index contributed by atoms with van der Waals surface area (Å²) in [7, 11) is 0. The Morgan fingerprint density at radius 1 is 1.00 bits per heavy atom. The summed E-state index contributed by atoms with van der Waals surface area (Å²) in [6, 6.07) is 0. The van der Waals surface area contributed by atoms with Crippen LogP contribution in [0.1, 0.15) is 38.5 Å². The molecule has 0 unspecified atom stereocenters.